The molecule has 0 spiro atoms. The van der Waals surface area contributed by atoms with E-state index in [2.05, 4.69) is 26.7 Å². The van der Waals surface area contributed by atoms with Gasteiger partial charge in [0.2, 0.25) is 0 Å². The van der Waals surface area contributed by atoms with Gasteiger partial charge in [-0.05, 0) is 6.92 Å². The van der Waals surface area contributed by atoms with E-state index in [1.807, 2.05) is 13.1 Å². The lowest BCUT2D eigenvalue weighted by Gasteiger charge is -2.29. The Hall–Kier alpha value is -1.40. The Labute approximate surface area is 108 Å². The quantitative estimate of drug-likeness (QED) is 0.818. The Balaban J connectivity index is 2.13. The molecule has 1 aromatic heterocycles. The van der Waals surface area contributed by atoms with Crippen LogP contribution in [0.2, 0.25) is 0 Å². The summed E-state index contributed by atoms with van der Waals surface area (Å²) in [6.45, 7) is 5.96. The predicted molar refractivity (Wildman–Crippen MR) is 72.0 cm³/mol. The highest BCUT2D eigenvalue weighted by Crippen LogP contribution is 2.18. The predicted octanol–water partition coefficient (Wildman–Crippen LogP) is 0.0966. The number of aromatic nitrogens is 2. The zero-order valence-corrected chi connectivity index (χ0v) is 11.0. The molecule has 6 nitrogen and oxygen atoms in total. The first-order valence-corrected chi connectivity index (χ1v) is 6.30. The van der Waals surface area contributed by atoms with Crippen molar-refractivity contribution in [2.75, 3.05) is 49.7 Å². The number of anilines is 2. The van der Waals surface area contributed by atoms with Crippen LogP contribution in [0.4, 0.5) is 11.6 Å². The summed E-state index contributed by atoms with van der Waals surface area (Å²) in [5.41, 5.74) is 5.68. The van der Waals surface area contributed by atoms with Crippen molar-refractivity contribution in [1.29, 1.82) is 0 Å². The molecule has 1 aliphatic heterocycles. The van der Waals surface area contributed by atoms with Gasteiger partial charge in [0.05, 0.1) is 13.2 Å². The zero-order chi connectivity index (χ0) is 13.0. The molecule has 2 heterocycles. The normalized spacial score (nSPS) is 17.6. The van der Waals surface area contributed by atoms with Crippen LogP contribution in [-0.2, 0) is 4.74 Å². The van der Waals surface area contributed by atoms with Crippen LogP contribution in [-0.4, -0.2) is 55.9 Å². The molecule has 1 fully saturated rings. The third-order valence-electron chi connectivity index (χ3n) is 3.34. The van der Waals surface area contributed by atoms with Gasteiger partial charge in [-0.2, -0.15) is 0 Å². The van der Waals surface area contributed by atoms with Crippen molar-refractivity contribution in [1.82, 2.24) is 9.97 Å². The standard InChI is InChI=1S/C12H21N5O/c1-10(8-13)16(2)11-7-12(15-9-14-11)17-3-5-18-6-4-17/h7,9-10H,3-6,8,13H2,1-2H3. The van der Waals surface area contributed by atoms with Crippen molar-refractivity contribution in [3.63, 3.8) is 0 Å². The minimum Gasteiger partial charge on any atom is -0.378 e. The maximum atomic E-state index is 5.68. The summed E-state index contributed by atoms with van der Waals surface area (Å²) in [4.78, 5) is 12.9. The highest BCUT2D eigenvalue weighted by molar-refractivity contribution is 5.50. The Bertz CT molecular complexity index is 363. The molecule has 0 radical (unpaired) electrons. The third-order valence-corrected chi connectivity index (χ3v) is 3.34. The number of morpholine rings is 1. The summed E-state index contributed by atoms with van der Waals surface area (Å²) in [6, 6.07) is 2.27. The average Bonchev–Trinajstić information content (AvgIpc) is 2.46. The van der Waals surface area contributed by atoms with Gasteiger partial charge in [-0.1, -0.05) is 0 Å². The van der Waals surface area contributed by atoms with E-state index in [0.29, 0.717) is 6.54 Å². The van der Waals surface area contributed by atoms with Gasteiger partial charge in [0.25, 0.3) is 0 Å². The summed E-state index contributed by atoms with van der Waals surface area (Å²) >= 11 is 0. The molecule has 1 saturated heterocycles. The van der Waals surface area contributed by atoms with E-state index >= 15 is 0 Å². The summed E-state index contributed by atoms with van der Waals surface area (Å²) in [5.74, 6) is 1.86. The van der Waals surface area contributed by atoms with Crippen LogP contribution < -0.4 is 15.5 Å². The summed E-state index contributed by atoms with van der Waals surface area (Å²) < 4.78 is 5.34. The van der Waals surface area contributed by atoms with Gasteiger partial charge in [-0.15, -0.1) is 0 Å². The fraction of sp³-hybridized carbons (Fsp3) is 0.667. The molecule has 1 aliphatic rings. The van der Waals surface area contributed by atoms with Crippen molar-refractivity contribution in [2.45, 2.75) is 13.0 Å². The van der Waals surface area contributed by atoms with Crippen LogP contribution in [0.5, 0.6) is 0 Å². The fourth-order valence-electron chi connectivity index (χ4n) is 1.88. The second kappa shape index (κ2) is 5.97. The molecule has 18 heavy (non-hydrogen) atoms. The van der Waals surface area contributed by atoms with Gasteiger partial charge in [0.1, 0.15) is 18.0 Å². The van der Waals surface area contributed by atoms with Gasteiger partial charge in [-0.3, -0.25) is 0 Å². The first-order valence-electron chi connectivity index (χ1n) is 6.30. The van der Waals surface area contributed by atoms with Crippen LogP contribution in [0.1, 0.15) is 6.92 Å². The van der Waals surface area contributed by atoms with E-state index in [1.165, 1.54) is 0 Å². The Morgan fingerprint density at radius 3 is 2.83 bits per heavy atom. The minimum atomic E-state index is 0.262. The van der Waals surface area contributed by atoms with E-state index in [-0.39, 0.29) is 6.04 Å². The monoisotopic (exact) mass is 251 g/mol. The molecule has 1 unspecified atom stereocenters. The first kappa shape index (κ1) is 13.0. The van der Waals surface area contributed by atoms with Crippen LogP contribution in [0.15, 0.2) is 12.4 Å². The molecule has 0 aliphatic carbocycles. The molecule has 100 valence electrons. The molecule has 2 N–H and O–H groups in total. The average molecular weight is 251 g/mol. The van der Waals surface area contributed by atoms with Crippen molar-refractivity contribution in [2.24, 2.45) is 5.73 Å². The maximum Gasteiger partial charge on any atom is 0.134 e. The maximum absolute atomic E-state index is 5.68. The third kappa shape index (κ3) is 2.88. The van der Waals surface area contributed by atoms with Crippen molar-refractivity contribution < 1.29 is 4.74 Å². The van der Waals surface area contributed by atoms with Crippen molar-refractivity contribution >= 4 is 11.6 Å². The largest absolute Gasteiger partial charge is 0.378 e. The molecule has 6 heteroatoms. The lowest BCUT2D eigenvalue weighted by Crippen LogP contribution is -2.38. The minimum absolute atomic E-state index is 0.262. The Morgan fingerprint density at radius 2 is 2.17 bits per heavy atom. The molecular formula is C12H21N5O. The molecule has 1 aromatic rings. The smallest absolute Gasteiger partial charge is 0.134 e. The first-order chi connectivity index (χ1) is 8.72. The van der Waals surface area contributed by atoms with Crippen LogP contribution in [0, 0.1) is 0 Å². The van der Waals surface area contributed by atoms with Gasteiger partial charge in [0, 0.05) is 38.8 Å². The second-order valence-corrected chi connectivity index (χ2v) is 4.53. The lowest BCUT2D eigenvalue weighted by molar-refractivity contribution is 0.122. The molecule has 2 rings (SSSR count). The number of rotatable bonds is 4. The number of likely N-dealkylation sites (N-methyl/N-ethyl adjacent to an activating group) is 1. The van der Waals surface area contributed by atoms with E-state index in [0.717, 1.165) is 37.9 Å². The second-order valence-electron chi connectivity index (χ2n) is 4.53. The van der Waals surface area contributed by atoms with Crippen LogP contribution >= 0.6 is 0 Å². The number of hydrogen-bond acceptors (Lipinski definition) is 6. The summed E-state index contributed by atoms with van der Waals surface area (Å²) in [7, 11) is 2.00. The van der Waals surface area contributed by atoms with E-state index in [4.69, 9.17) is 10.5 Å². The molecule has 0 amide bonds. The summed E-state index contributed by atoms with van der Waals surface area (Å²) in [6.07, 6.45) is 1.61. The molecule has 0 aromatic carbocycles. The van der Waals surface area contributed by atoms with Gasteiger partial charge in [0.15, 0.2) is 0 Å². The van der Waals surface area contributed by atoms with Crippen molar-refractivity contribution in [3.05, 3.63) is 12.4 Å². The van der Waals surface area contributed by atoms with E-state index in [9.17, 15) is 0 Å². The number of nitrogens with two attached hydrogens (primary N) is 1. The van der Waals surface area contributed by atoms with Gasteiger partial charge >= 0.3 is 0 Å². The molecule has 0 bridgehead atoms. The van der Waals surface area contributed by atoms with E-state index in [1.54, 1.807) is 6.33 Å². The van der Waals surface area contributed by atoms with Gasteiger partial charge < -0.3 is 20.3 Å². The lowest BCUT2D eigenvalue weighted by atomic mass is 10.3. The highest BCUT2D eigenvalue weighted by Gasteiger charge is 2.15. The van der Waals surface area contributed by atoms with Crippen molar-refractivity contribution in [3.8, 4) is 0 Å². The molecule has 0 saturated carbocycles. The topological polar surface area (TPSA) is 67.5 Å². The van der Waals surface area contributed by atoms with E-state index < -0.39 is 0 Å². The zero-order valence-electron chi connectivity index (χ0n) is 11.0. The highest BCUT2D eigenvalue weighted by atomic mass is 16.5. The van der Waals surface area contributed by atoms with Gasteiger partial charge in [-0.25, -0.2) is 9.97 Å². The van der Waals surface area contributed by atoms with Crippen LogP contribution in [0.3, 0.4) is 0 Å². The summed E-state index contributed by atoms with van der Waals surface area (Å²) in [5, 5.41) is 0. The van der Waals surface area contributed by atoms with Crippen LogP contribution in [0.25, 0.3) is 0 Å². The number of nitrogens with zero attached hydrogens (tertiary/aromatic N) is 4. The number of ether oxygens (including phenoxy) is 1. The Kier molecular flexibility index (Phi) is 4.33. The fourth-order valence-corrected chi connectivity index (χ4v) is 1.88. The Morgan fingerprint density at radius 1 is 1.44 bits per heavy atom. The number of hydrogen-bond donors (Lipinski definition) is 1. The SMILES string of the molecule is CC(CN)N(C)c1cc(N2CCOCC2)ncn1. The molecule has 1 atom stereocenters. The molecular weight excluding hydrogens is 230 g/mol.